The molecule has 1 aromatic heterocycles. The number of aliphatic hydroxyl groups excluding tert-OH is 2. The largest absolute Gasteiger partial charge is 0.494 e. The fourth-order valence-electron chi connectivity index (χ4n) is 2.33. The van der Waals surface area contributed by atoms with Gasteiger partial charge in [-0.3, -0.25) is 4.90 Å². The normalized spacial score (nSPS) is 11.2. The zero-order valence-electron chi connectivity index (χ0n) is 13.7. The third-order valence-electron chi connectivity index (χ3n) is 3.58. The summed E-state index contributed by atoms with van der Waals surface area (Å²) in [5.74, 6) is 0.824. The molecule has 6 nitrogen and oxygen atoms in total. The van der Waals surface area contributed by atoms with Crippen molar-refractivity contribution in [2.75, 3.05) is 39.5 Å². The van der Waals surface area contributed by atoms with E-state index in [0.29, 0.717) is 26.2 Å². The molecule has 1 heterocycles. The number of nitrogens with two attached hydrogens (primary N) is 1. The lowest BCUT2D eigenvalue weighted by Crippen LogP contribution is -2.31. The van der Waals surface area contributed by atoms with Gasteiger partial charge in [-0.2, -0.15) is 0 Å². The number of thiazole rings is 1. The van der Waals surface area contributed by atoms with Gasteiger partial charge in [0.15, 0.2) is 0 Å². The molecule has 0 saturated heterocycles. The van der Waals surface area contributed by atoms with Crippen molar-refractivity contribution in [2.24, 2.45) is 5.73 Å². The lowest BCUT2D eigenvalue weighted by atomic mass is 10.2. The number of hydrogen-bond acceptors (Lipinski definition) is 7. The van der Waals surface area contributed by atoms with Gasteiger partial charge in [0.1, 0.15) is 10.8 Å². The van der Waals surface area contributed by atoms with Gasteiger partial charge < -0.3 is 20.7 Å². The standard InChI is InChI=1S/C17H25N3O3S/c18-12-16-13-19-17(24-16)14-2-4-15(5-3-14)23-11-1-6-20(7-9-21)8-10-22/h2-5,13,21-22H,1,6-12,18H2. The van der Waals surface area contributed by atoms with Crippen LogP contribution in [-0.2, 0) is 6.54 Å². The molecule has 0 spiro atoms. The molecule has 0 unspecified atom stereocenters. The molecule has 0 aliphatic carbocycles. The summed E-state index contributed by atoms with van der Waals surface area (Å²) in [6.45, 7) is 3.27. The Labute approximate surface area is 146 Å². The van der Waals surface area contributed by atoms with Gasteiger partial charge in [-0.15, -0.1) is 11.3 Å². The first-order chi connectivity index (χ1) is 11.8. The van der Waals surface area contributed by atoms with Crippen molar-refractivity contribution in [1.29, 1.82) is 0 Å². The summed E-state index contributed by atoms with van der Waals surface area (Å²) in [6, 6.07) is 7.88. The van der Waals surface area contributed by atoms with Crippen LogP contribution in [0.25, 0.3) is 10.6 Å². The van der Waals surface area contributed by atoms with Crippen molar-refractivity contribution in [2.45, 2.75) is 13.0 Å². The third-order valence-corrected chi connectivity index (χ3v) is 4.64. The molecule has 0 aliphatic heterocycles. The monoisotopic (exact) mass is 351 g/mol. The van der Waals surface area contributed by atoms with Crippen LogP contribution in [0.2, 0.25) is 0 Å². The van der Waals surface area contributed by atoms with E-state index in [0.717, 1.165) is 34.2 Å². The van der Waals surface area contributed by atoms with Crippen molar-refractivity contribution in [3.05, 3.63) is 35.3 Å². The lowest BCUT2D eigenvalue weighted by Gasteiger charge is -2.19. The summed E-state index contributed by atoms with van der Waals surface area (Å²) >= 11 is 1.60. The highest BCUT2D eigenvalue weighted by Gasteiger charge is 2.05. The summed E-state index contributed by atoms with van der Waals surface area (Å²) in [5, 5.41) is 18.9. The van der Waals surface area contributed by atoms with E-state index in [-0.39, 0.29) is 13.2 Å². The molecule has 0 fully saturated rings. The van der Waals surface area contributed by atoms with Crippen LogP contribution in [-0.4, -0.2) is 59.6 Å². The number of aliphatic hydroxyl groups is 2. The van der Waals surface area contributed by atoms with Gasteiger partial charge in [0.05, 0.1) is 19.8 Å². The minimum Gasteiger partial charge on any atom is -0.494 e. The second kappa shape index (κ2) is 10.4. The topological polar surface area (TPSA) is 91.8 Å². The second-order valence-electron chi connectivity index (χ2n) is 5.35. The highest BCUT2D eigenvalue weighted by Crippen LogP contribution is 2.26. The Kier molecular flexibility index (Phi) is 8.14. The Balaban J connectivity index is 1.77. The van der Waals surface area contributed by atoms with Gasteiger partial charge in [0.2, 0.25) is 0 Å². The molecule has 24 heavy (non-hydrogen) atoms. The fourth-order valence-corrected chi connectivity index (χ4v) is 3.12. The third kappa shape index (κ3) is 5.85. The number of aromatic nitrogens is 1. The highest BCUT2D eigenvalue weighted by atomic mass is 32.1. The molecule has 0 atom stereocenters. The van der Waals surface area contributed by atoms with Crippen LogP contribution < -0.4 is 10.5 Å². The molecule has 4 N–H and O–H groups in total. The van der Waals surface area contributed by atoms with E-state index >= 15 is 0 Å². The highest BCUT2D eigenvalue weighted by molar-refractivity contribution is 7.15. The van der Waals surface area contributed by atoms with Crippen LogP contribution in [0.4, 0.5) is 0 Å². The van der Waals surface area contributed by atoms with Crippen LogP contribution in [0, 0.1) is 0 Å². The SMILES string of the molecule is NCc1cnc(-c2ccc(OCCCN(CCO)CCO)cc2)s1. The molecule has 0 aliphatic rings. The van der Waals surface area contributed by atoms with E-state index in [9.17, 15) is 0 Å². The van der Waals surface area contributed by atoms with Crippen molar-refractivity contribution in [3.8, 4) is 16.3 Å². The van der Waals surface area contributed by atoms with Gasteiger partial charge in [0.25, 0.3) is 0 Å². The maximum atomic E-state index is 8.97. The van der Waals surface area contributed by atoms with Crippen molar-refractivity contribution in [1.82, 2.24) is 9.88 Å². The maximum Gasteiger partial charge on any atom is 0.123 e. The number of nitrogens with zero attached hydrogens (tertiary/aromatic N) is 2. The predicted octanol–water partition coefficient (Wildman–Crippen LogP) is 1.32. The van der Waals surface area contributed by atoms with Crippen molar-refractivity contribution < 1.29 is 14.9 Å². The smallest absolute Gasteiger partial charge is 0.123 e. The molecule has 0 bridgehead atoms. The van der Waals surface area contributed by atoms with E-state index in [1.807, 2.05) is 35.4 Å². The first kappa shape index (κ1) is 18.8. The zero-order chi connectivity index (χ0) is 17.2. The van der Waals surface area contributed by atoms with Crippen LogP contribution in [0.3, 0.4) is 0 Å². The van der Waals surface area contributed by atoms with Crippen molar-refractivity contribution in [3.63, 3.8) is 0 Å². The molecule has 1 aromatic carbocycles. The fraction of sp³-hybridized carbons (Fsp3) is 0.471. The van der Waals surface area contributed by atoms with Gasteiger partial charge in [-0.25, -0.2) is 4.98 Å². The molecule has 0 saturated carbocycles. The predicted molar refractivity (Wildman–Crippen MR) is 96.2 cm³/mol. The summed E-state index contributed by atoms with van der Waals surface area (Å²) in [6.07, 6.45) is 2.66. The Bertz CT molecular complexity index is 583. The average Bonchev–Trinajstić information content (AvgIpc) is 3.09. The van der Waals surface area contributed by atoms with Crippen molar-refractivity contribution >= 4 is 11.3 Å². The summed E-state index contributed by atoms with van der Waals surface area (Å²) in [5.41, 5.74) is 6.67. The number of hydrogen-bond donors (Lipinski definition) is 3. The molecule has 2 aromatic rings. The Morgan fingerprint density at radius 3 is 2.38 bits per heavy atom. The minimum atomic E-state index is 0.102. The minimum absolute atomic E-state index is 0.102. The van der Waals surface area contributed by atoms with Gasteiger partial charge >= 0.3 is 0 Å². The number of ether oxygens (including phenoxy) is 1. The number of rotatable bonds is 11. The Morgan fingerprint density at radius 2 is 1.79 bits per heavy atom. The Hall–Kier alpha value is -1.51. The van der Waals surface area contributed by atoms with E-state index < -0.39 is 0 Å². The lowest BCUT2D eigenvalue weighted by molar-refractivity contribution is 0.153. The molecular weight excluding hydrogens is 326 g/mol. The van der Waals surface area contributed by atoms with E-state index in [4.69, 9.17) is 20.7 Å². The first-order valence-corrected chi connectivity index (χ1v) is 8.90. The van der Waals surface area contributed by atoms with Crippen LogP contribution in [0.1, 0.15) is 11.3 Å². The molecule has 132 valence electrons. The summed E-state index contributed by atoms with van der Waals surface area (Å²) in [4.78, 5) is 7.46. The molecular formula is C17H25N3O3S. The quantitative estimate of drug-likeness (QED) is 0.529. The molecule has 2 rings (SSSR count). The first-order valence-electron chi connectivity index (χ1n) is 8.09. The molecule has 7 heteroatoms. The van der Waals surface area contributed by atoms with E-state index in [2.05, 4.69) is 4.98 Å². The molecule has 0 radical (unpaired) electrons. The van der Waals surface area contributed by atoms with Gasteiger partial charge in [0, 0.05) is 42.8 Å². The summed E-state index contributed by atoms with van der Waals surface area (Å²) in [7, 11) is 0. The number of benzene rings is 1. The van der Waals surface area contributed by atoms with E-state index in [1.165, 1.54) is 0 Å². The summed E-state index contributed by atoms with van der Waals surface area (Å²) < 4.78 is 5.74. The van der Waals surface area contributed by atoms with Crippen LogP contribution in [0.15, 0.2) is 30.5 Å². The van der Waals surface area contributed by atoms with Crippen LogP contribution >= 0.6 is 11.3 Å². The average molecular weight is 351 g/mol. The van der Waals surface area contributed by atoms with E-state index in [1.54, 1.807) is 11.3 Å². The van der Waals surface area contributed by atoms with Gasteiger partial charge in [-0.1, -0.05) is 0 Å². The zero-order valence-corrected chi connectivity index (χ0v) is 14.5. The second-order valence-corrected chi connectivity index (χ2v) is 6.47. The molecule has 0 amide bonds. The maximum absolute atomic E-state index is 8.97. The van der Waals surface area contributed by atoms with Gasteiger partial charge in [-0.05, 0) is 30.7 Å². The Morgan fingerprint density at radius 1 is 1.08 bits per heavy atom. The van der Waals surface area contributed by atoms with Crippen LogP contribution in [0.5, 0.6) is 5.75 Å².